The summed E-state index contributed by atoms with van der Waals surface area (Å²) in [6.07, 6.45) is 9.50. The lowest BCUT2D eigenvalue weighted by Crippen LogP contribution is -2.43. The summed E-state index contributed by atoms with van der Waals surface area (Å²) in [7, 11) is 1.69. The Kier molecular flexibility index (Phi) is 13.9. The largest absolute Gasteiger partial charge is 0.497 e. The van der Waals surface area contributed by atoms with Gasteiger partial charge < -0.3 is 35.8 Å². The quantitative estimate of drug-likeness (QED) is 0.108. The molecule has 346 valence electrons. The Labute approximate surface area is 409 Å². The Morgan fingerprint density at radius 2 is 1.10 bits per heavy atom. The number of fused-ring (bicyclic) bond motifs is 2. The van der Waals surface area contributed by atoms with Crippen LogP contribution in [-0.4, -0.2) is 91.2 Å². The van der Waals surface area contributed by atoms with Crippen LogP contribution in [0.25, 0.3) is 55.3 Å². The molecule has 0 atom stereocenters. The first-order valence-electron chi connectivity index (χ1n) is 22.9. The molecule has 15 heteroatoms. The van der Waals surface area contributed by atoms with Gasteiger partial charge in [0.2, 0.25) is 5.91 Å². The van der Waals surface area contributed by atoms with Crippen LogP contribution in [-0.2, 0) is 16.0 Å². The molecule has 4 aromatic carbocycles. The number of nitrogens with zero attached hydrogens (tertiary/aromatic N) is 6. The van der Waals surface area contributed by atoms with Crippen LogP contribution in [0.4, 0.5) is 22.7 Å². The molecule has 4 aromatic heterocycles. The van der Waals surface area contributed by atoms with Gasteiger partial charge in [-0.3, -0.25) is 19.6 Å². The summed E-state index contributed by atoms with van der Waals surface area (Å²) in [5, 5.41) is 18.6. The van der Waals surface area contributed by atoms with Gasteiger partial charge >= 0.3 is 0 Å². The summed E-state index contributed by atoms with van der Waals surface area (Å²) in [5.41, 5.74) is 13.9. The van der Waals surface area contributed by atoms with E-state index < -0.39 is 0 Å². The minimum Gasteiger partial charge on any atom is -0.497 e. The van der Waals surface area contributed by atoms with Crippen LogP contribution in [0, 0.1) is 0 Å². The first kappa shape index (κ1) is 45.2. The summed E-state index contributed by atoms with van der Waals surface area (Å²) in [6.45, 7) is 8.37. The Hall–Kier alpha value is -7.56. The molecule has 0 aliphatic carbocycles. The fraction of sp³-hybridized carbons (Fsp3) is 0.185. The molecule has 0 bridgehead atoms. The third kappa shape index (κ3) is 10.8. The lowest BCUT2D eigenvalue weighted by atomic mass is 10.0. The van der Waals surface area contributed by atoms with Crippen LogP contribution in [0.2, 0.25) is 0 Å². The molecule has 0 spiro atoms. The average molecular weight is 951 g/mol. The second-order valence-corrected chi connectivity index (χ2v) is 18.4. The molecule has 13 nitrogen and oxygen atoms in total. The zero-order valence-electron chi connectivity index (χ0n) is 38.0. The summed E-state index contributed by atoms with van der Waals surface area (Å²) < 4.78 is 5.13. The van der Waals surface area contributed by atoms with Gasteiger partial charge in [0.05, 0.1) is 24.9 Å². The van der Waals surface area contributed by atoms with Gasteiger partial charge in [0.25, 0.3) is 5.91 Å². The fourth-order valence-corrected chi connectivity index (χ4v) is 10.2. The van der Waals surface area contributed by atoms with Gasteiger partial charge in [-0.25, -0.2) is 9.97 Å². The predicted molar refractivity (Wildman–Crippen MR) is 280 cm³/mol. The number of hydrogen-bond acceptors (Lipinski definition) is 13. The molecule has 2 fully saturated rings. The number of carbonyl (C=O) groups is 2. The van der Waals surface area contributed by atoms with E-state index in [2.05, 4.69) is 93.9 Å². The van der Waals surface area contributed by atoms with E-state index in [4.69, 9.17) is 9.72 Å². The smallest absolute Gasteiger partial charge is 0.256 e. The maximum absolute atomic E-state index is 12.8. The van der Waals surface area contributed by atoms with Crippen molar-refractivity contribution in [2.75, 3.05) is 79.9 Å². The maximum Gasteiger partial charge on any atom is 0.256 e. The Balaban J connectivity index is 0.000000134. The number of nitrogens with one attached hydrogen (secondary N) is 4. The second kappa shape index (κ2) is 21.2. The van der Waals surface area contributed by atoms with Crippen molar-refractivity contribution in [3.8, 4) is 49.4 Å². The molecule has 0 saturated carbocycles. The molecule has 4 aliphatic rings. The molecule has 0 radical (unpaired) electrons. The van der Waals surface area contributed by atoms with Gasteiger partial charge in [-0.2, -0.15) is 0 Å². The molecular formula is C54H50N10O3S2. The van der Waals surface area contributed by atoms with E-state index in [9.17, 15) is 9.59 Å². The second-order valence-electron chi connectivity index (χ2n) is 16.7. The van der Waals surface area contributed by atoms with Crippen molar-refractivity contribution < 1.29 is 14.3 Å². The maximum atomic E-state index is 12.8. The number of methoxy groups -OCH3 is 1. The highest BCUT2D eigenvalue weighted by molar-refractivity contribution is 7.13. The van der Waals surface area contributed by atoms with Gasteiger partial charge in [-0.05, 0) is 102 Å². The zero-order chi connectivity index (χ0) is 46.9. The van der Waals surface area contributed by atoms with E-state index in [1.165, 1.54) is 11.4 Å². The van der Waals surface area contributed by atoms with E-state index in [0.29, 0.717) is 12.0 Å². The lowest BCUT2D eigenvalue weighted by Gasteiger charge is -2.29. The number of amides is 2. The highest BCUT2D eigenvalue weighted by Gasteiger charge is 2.25. The number of piperazine rings is 2. The van der Waals surface area contributed by atoms with Gasteiger partial charge in [0.15, 0.2) is 0 Å². The summed E-state index contributed by atoms with van der Waals surface area (Å²) in [4.78, 5) is 46.5. The third-order valence-corrected chi connectivity index (χ3v) is 14.0. The standard InChI is InChI=1S/C27H23N5OS.C16H11N3OS.C11H16N2O/c33-26-23(15-18-1-4-21(5-2-18)32-13-11-29-12-14-32)22-16-20(3-6-24(22)30-26)25-17-34-27(31-25)19-7-9-28-10-8-19;20-15-8-12-7-11(1-2-13(12)18-15)14-9-21-16(19-14)10-3-5-17-6-4-10;1-14-11-4-2-10(3-5-11)13-8-6-12-7-9-13/h1-10,15-17,29H,11-14H2,(H,30,33);1-7,9H,8H2,(H,18,20);2-5,12H,6-9H2,1H3/b23-15-;;. The van der Waals surface area contributed by atoms with E-state index in [0.717, 1.165) is 130 Å². The summed E-state index contributed by atoms with van der Waals surface area (Å²) in [5.74, 6) is 0.899. The highest BCUT2D eigenvalue weighted by atomic mass is 32.1. The van der Waals surface area contributed by atoms with Crippen molar-refractivity contribution >= 4 is 68.9 Å². The van der Waals surface area contributed by atoms with Crippen molar-refractivity contribution in [2.45, 2.75) is 6.42 Å². The minimum absolute atomic E-state index is 0.0536. The number of carbonyl (C=O) groups excluding carboxylic acids is 2. The highest BCUT2D eigenvalue weighted by Crippen LogP contribution is 2.38. The van der Waals surface area contributed by atoms with Crippen molar-refractivity contribution in [1.29, 1.82) is 0 Å². The number of thiazole rings is 2. The van der Waals surface area contributed by atoms with Gasteiger partial charge in [0, 0.05) is 144 Å². The van der Waals surface area contributed by atoms with Crippen molar-refractivity contribution in [3.05, 3.63) is 161 Å². The number of aromatic nitrogens is 4. The van der Waals surface area contributed by atoms with Gasteiger partial charge in [0.1, 0.15) is 15.8 Å². The van der Waals surface area contributed by atoms with Crippen LogP contribution in [0.5, 0.6) is 5.75 Å². The van der Waals surface area contributed by atoms with Crippen LogP contribution in [0.3, 0.4) is 0 Å². The number of hydrogen-bond donors (Lipinski definition) is 4. The first-order chi connectivity index (χ1) is 33.9. The van der Waals surface area contributed by atoms with Crippen molar-refractivity contribution in [2.24, 2.45) is 0 Å². The van der Waals surface area contributed by atoms with Gasteiger partial charge in [-0.1, -0.05) is 24.3 Å². The summed E-state index contributed by atoms with van der Waals surface area (Å²) in [6, 6.07) is 36.5. The normalized spacial score (nSPS) is 15.5. The number of benzene rings is 4. The number of pyridine rings is 2. The molecule has 2 amide bonds. The van der Waals surface area contributed by atoms with Crippen molar-refractivity contribution in [3.63, 3.8) is 0 Å². The molecule has 4 N–H and O–H groups in total. The van der Waals surface area contributed by atoms with E-state index in [1.807, 2.05) is 78.2 Å². The molecule has 2 saturated heterocycles. The first-order valence-corrected chi connectivity index (χ1v) is 24.7. The Morgan fingerprint density at radius 1 is 0.580 bits per heavy atom. The lowest BCUT2D eigenvalue weighted by molar-refractivity contribution is -0.115. The number of rotatable bonds is 8. The molecule has 8 aromatic rings. The number of ether oxygens (including phenoxy) is 1. The molecule has 69 heavy (non-hydrogen) atoms. The van der Waals surface area contributed by atoms with Crippen LogP contribution in [0.1, 0.15) is 16.7 Å². The SMILES string of the molecule is COc1ccc(N2CCNCC2)cc1.O=C1Cc2cc(-c3csc(-c4ccncc4)n3)ccc2N1.O=C1Nc2ccc(-c3csc(-c4ccncc4)n3)cc2/C1=C/c1ccc(N2CCNCC2)cc1. The Bertz CT molecular complexity index is 3070. The van der Waals surface area contributed by atoms with Gasteiger partial charge in [-0.15, -0.1) is 22.7 Å². The zero-order valence-corrected chi connectivity index (χ0v) is 39.7. The molecule has 4 aliphatic heterocycles. The molecule has 8 heterocycles. The fourth-order valence-electron chi connectivity index (χ4n) is 8.53. The molecular weight excluding hydrogens is 901 g/mol. The third-order valence-electron chi connectivity index (χ3n) is 12.2. The van der Waals surface area contributed by atoms with Crippen LogP contribution < -0.4 is 35.8 Å². The monoisotopic (exact) mass is 950 g/mol. The topological polar surface area (TPSA) is 150 Å². The Morgan fingerprint density at radius 3 is 1.65 bits per heavy atom. The van der Waals surface area contributed by atoms with Crippen LogP contribution >= 0.6 is 22.7 Å². The molecule has 12 rings (SSSR count). The van der Waals surface area contributed by atoms with Crippen LogP contribution in [0.15, 0.2) is 145 Å². The minimum atomic E-state index is -0.0749. The van der Waals surface area contributed by atoms with Crippen molar-refractivity contribution in [1.82, 2.24) is 30.6 Å². The average Bonchev–Trinajstić information content (AvgIpc) is 4.25. The van der Waals surface area contributed by atoms with E-state index in [-0.39, 0.29) is 11.8 Å². The van der Waals surface area contributed by atoms with E-state index >= 15 is 0 Å². The predicted octanol–water partition coefficient (Wildman–Crippen LogP) is 9.25. The molecule has 0 unspecified atom stereocenters. The summed E-state index contributed by atoms with van der Waals surface area (Å²) >= 11 is 3.21. The van der Waals surface area contributed by atoms with E-state index in [1.54, 1.807) is 54.6 Å². The number of anilines is 4.